The first-order valence-electron chi connectivity index (χ1n) is 4.70. The summed E-state index contributed by atoms with van der Waals surface area (Å²) in [5.74, 6) is -1.57. The molecule has 0 heterocycles. The summed E-state index contributed by atoms with van der Waals surface area (Å²) in [4.78, 5) is 22.7. The van der Waals surface area contributed by atoms with E-state index in [9.17, 15) is 9.59 Å². The number of halogens is 2. The van der Waals surface area contributed by atoms with Gasteiger partial charge in [-0.15, -0.1) is 6.58 Å². The molecule has 2 N–H and O–H groups in total. The Labute approximate surface area is 109 Å². The number of anilines is 1. The van der Waals surface area contributed by atoms with Crippen LogP contribution in [0, 0.1) is 0 Å². The number of nitrogens with one attached hydrogen (secondary N) is 2. The van der Waals surface area contributed by atoms with E-state index in [0.717, 1.165) is 0 Å². The molecule has 17 heavy (non-hydrogen) atoms. The second kappa shape index (κ2) is 6.27. The van der Waals surface area contributed by atoms with Crippen molar-refractivity contribution in [1.29, 1.82) is 0 Å². The number of hydrogen-bond acceptors (Lipinski definition) is 2. The number of amides is 2. The van der Waals surface area contributed by atoms with E-state index in [1.165, 1.54) is 6.08 Å². The molecule has 0 spiro atoms. The molecule has 0 bridgehead atoms. The molecule has 0 radical (unpaired) electrons. The lowest BCUT2D eigenvalue weighted by Crippen LogP contribution is -2.35. The summed E-state index contributed by atoms with van der Waals surface area (Å²) < 4.78 is 0. The van der Waals surface area contributed by atoms with Gasteiger partial charge in [-0.05, 0) is 12.1 Å². The van der Waals surface area contributed by atoms with Crippen LogP contribution in [0.5, 0.6) is 0 Å². The molecule has 0 aromatic heterocycles. The topological polar surface area (TPSA) is 58.2 Å². The predicted octanol–water partition coefficient (Wildman–Crippen LogP) is 2.23. The molecule has 0 aliphatic carbocycles. The van der Waals surface area contributed by atoms with Gasteiger partial charge in [0.05, 0.1) is 15.7 Å². The molecule has 0 unspecified atom stereocenters. The van der Waals surface area contributed by atoms with Crippen LogP contribution in [0.15, 0.2) is 30.9 Å². The van der Waals surface area contributed by atoms with Crippen molar-refractivity contribution in [2.45, 2.75) is 0 Å². The number of carbonyl (C=O) groups excluding carboxylic acids is 2. The zero-order valence-corrected chi connectivity index (χ0v) is 10.3. The Bertz CT molecular complexity index is 461. The molecule has 0 saturated heterocycles. The SMILES string of the molecule is C=CCNC(=O)C(=O)Nc1cccc(Cl)c1Cl. The lowest BCUT2D eigenvalue weighted by Gasteiger charge is -2.07. The van der Waals surface area contributed by atoms with Crippen LogP contribution in [-0.4, -0.2) is 18.4 Å². The Balaban J connectivity index is 2.71. The fraction of sp³-hybridized carbons (Fsp3) is 0.0909. The van der Waals surface area contributed by atoms with Crippen molar-refractivity contribution in [3.63, 3.8) is 0 Å². The average molecular weight is 273 g/mol. The first kappa shape index (κ1) is 13.5. The van der Waals surface area contributed by atoms with Gasteiger partial charge in [0.1, 0.15) is 0 Å². The molecule has 2 amide bonds. The normalized spacial score (nSPS) is 9.53. The van der Waals surface area contributed by atoms with Crippen molar-refractivity contribution in [1.82, 2.24) is 5.32 Å². The highest BCUT2D eigenvalue weighted by molar-refractivity contribution is 6.45. The predicted molar refractivity (Wildman–Crippen MR) is 68.3 cm³/mol. The second-order valence-corrected chi connectivity index (χ2v) is 3.84. The van der Waals surface area contributed by atoms with E-state index in [1.54, 1.807) is 18.2 Å². The Morgan fingerprint density at radius 1 is 1.29 bits per heavy atom. The van der Waals surface area contributed by atoms with Gasteiger partial charge in [0.25, 0.3) is 0 Å². The monoisotopic (exact) mass is 272 g/mol. The van der Waals surface area contributed by atoms with Crippen molar-refractivity contribution < 1.29 is 9.59 Å². The summed E-state index contributed by atoms with van der Waals surface area (Å²) in [7, 11) is 0. The van der Waals surface area contributed by atoms with Gasteiger partial charge in [0.2, 0.25) is 0 Å². The third kappa shape index (κ3) is 3.76. The lowest BCUT2D eigenvalue weighted by molar-refractivity contribution is -0.136. The van der Waals surface area contributed by atoms with Crippen LogP contribution in [0.2, 0.25) is 10.0 Å². The van der Waals surface area contributed by atoms with E-state index in [2.05, 4.69) is 17.2 Å². The van der Waals surface area contributed by atoms with E-state index >= 15 is 0 Å². The molecule has 0 aliphatic rings. The summed E-state index contributed by atoms with van der Waals surface area (Å²) in [6.45, 7) is 3.63. The molecule has 0 aliphatic heterocycles. The van der Waals surface area contributed by atoms with Crippen LogP contribution in [0.25, 0.3) is 0 Å². The summed E-state index contributed by atoms with van der Waals surface area (Å²) >= 11 is 11.6. The van der Waals surface area contributed by atoms with Crippen LogP contribution < -0.4 is 10.6 Å². The zero-order chi connectivity index (χ0) is 12.8. The molecular weight excluding hydrogens is 263 g/mol. The number of carbonyl (C=O) groups is 2. The molecule has 1 rings (SSSR count). The number of rotatable bonds is 3. The first-order valence-corrected chi connectivity index (χ1v) is 5.46. The Morgan fingerprint density at radius 3 is 2.65 bits per heavy atom. The van der Waals surface area contributed by atoms with Crippen molar-refractivity contribution in [2.75, 3.05) is 11.9 Å². The highest BCUT2D eigenvalue weighted by Gasteiger charge is 2.14. The fourth-order valence-corrected chi connectivity index (χ4v) is 1.37. The van der Waals surface area contributed by atoms with Crippen LogP contribution in [0.4, 0.5) is 5.69 Å². The minimum absolute atomic E-state index is 0.194. The molecule has 0 atom stereocenters. The highest BCUT2D eigenvalue weighted by atomic mass is 35.5. The minimum Gasteiger partial charge on any atom is -0.344 e. The molecule has 0 fully saturated rings. The average Bonchev–Trinajstić information content (AvgIpc) is 2.31. The summed E-state index contributed by atoms with van der Waals surface area (Å²) in [5.41, 5.74) is 0.290. The van der Waals surface area contributed by atoms with Crippen molar-refractivity contribution in [2.24, 2.45) is 0 Å². The summed E-state index contributed by atoms with van der Waals surface area (Å²) in [6, 6.07) is 4.75. The van der Waals surface area contributed by atoms with Gasteiger partial charge < -0.3 is 10.6 Å². The van der Waals surface area contributed by atoms with Gasteiger partial charge in [-0.25, -0.2) is 0 Å². The molecule has 90 valence electrons. The van der Waals surface area contributed by atoms with Crippen molar-refractivity contribution >= 4 is 40.7 Å². The van der Waals surface area contributed by atoms with Gasteiger partial charge in [0.15, 0.2) is 0 Å². The standard InChI is InChI=1S/C11H10Cl2N2O2/c1-2-6-14-10(16)11(17)15-8-5-3-4-7(12)9(8)13/h2-5H,1,6H2,(H,14,16)(H,15,17). The Kier molecular flexibility index (Phi) is 5.00. The third-order valence-electron chi connectivity index (χ3n) is 1.81. The Morgan fingerprint density at radius 2 is 2.00 bits per heavy atom. The van der Waals surface area contributed by atoms with Crippen LogP contribution in [0.1, 0.15) is 0 Å². The highest BCUT2D eigenvalue weighted by Crippen LogP contribution is 2.29. The molecule has 0 saturated carbocycles. The maximum Gasteiger partial charge on any atom is 0.313 e. The van der Waals surface area contributed by atoms with Gasteiger partial charge in [0, 0.05) is 6.54 Å². The zero-order valence-electron chi connectivity index (χ0n) is 8.80. The fourth-order valence-electron chi connectivity index (χ4n) is 1.02. The van der Waals surface area contributed by atoms with Crippen LogP contribution >= 0.6 is 23.2 Å². The van der Waals surface area contributed by atoms with E-state index in [-0.39, 0.29) is 17.3 Å². The first-order chi connectivity index (χ1) is 8.06. The smallest absolute Gasteiger partial charge is 0.313 e. The molecule has 6 heteroatoms. The minimum atomic E-state index is -0.809. The number of benzene rings is 1. The van der Waals surface area contributed by atoms with Crippen molar-refractivity contribution in [3.05, 3.63) is 40.9 Å². The number of hydrogen-bond donors (Lipinski definition) is 2. The largest absolute Gasteiger partial charge is 0.344 e. The molecular formula is C11H10Cl2N2O2. The third-order valence-corrected chi connectivity index (χ3v) is 2.63. The van der Waals surface area contributed by atoms with Crippen LogP contribution in [0.3, 0.4) is 0 Å². The lowest BCUT2D eigenvalue weighted by atomic mass is 10.3. The Hall–Kier alpha value is -1.52. The van der Waals surface area contributed by atoms with Crippen LogP contribution in [-0.2, 0) is 9.59 Å². The van der Waals surface area contributed by atoms with E-state index in [1.807, 2.05) is 0 Å². The second-order valence-electron chi connectivity index (χ2n) is 3.05. The van der Waals surface area contributed by atoms with Gasteiger partial charge in [-0.3, -0.25) is 9.59 Å². The summed E-state index contributed by atoms with van der Waals surface area (Å²) in [5, 5.41) is 5.19. The van der Waals surface area contributed by atoms with Gasteiger partial charge in [-0.2, -0.15) is 0 Å². The molecule has 1 aromatic rings. The maximum atomic E-state index is 11.4. The van der Waals surface area contributed by atoms with E-state index < -0.39 is 11.8 Å². The maximum absolute atomic E-state index is 11.4. The molecule has 4 nitrogen and oxygen atoms in total. The van der Waals surface area contributed by atoms with Crippen molar-refractivity contribution in [3.8, 4) is 0 Å². The quantitative estimate of drug-likeness (QED) is 0.655. The van der Waals surface area contributed by atoms with Gasteiger partial charge >= 0.3 is 11.8 Å². The summed E-state index contributed by atoms with van der Waals surface area (Å²) in [6.07, 6.45) is 1.47. The van der Waals surface area contributed by atoms with Gasteiger partial charge in [-0.1, -0.05) is 35.3 Å². The van der Waals surface area contributed by atoms with E-state index in [0.29, 0.717) is 5.02 Å². The molecule has 1 aromatic carbocycles. The van der Waals surface area contributed by atoms with E-state index in [4.69, 9.17) is 23.2 Å².